The van der Waals surface area contributed by atoms with Gasteiger partial charge in [0.2, 0.25) is 10.0 Å². The Bertz CT molecular complexity index is 472. The molecule has 0 bridgehead atoms. The molecule has 0 aromatic heterocycles. The van der Waals surface area contributed by atoms with Crippen LogP contribution in [-0.2, 0) is 10.0 Å². The second kappa shape index (κ2) is 6.75. The Kier molecular flexibility index (Phi) is 5.62. The summed E-state index contributed by atoms with van der Waals surface area (Å²) in [6, 6.07) is 7.04. The van der Waals surface area contributed by atoms with Gasteiger partial charge in [-0.25, -0.2) is 13.6 Å². The smallest absolute Gasteiger partial charge is 0.238 e. The first-order valence-corrected chi connectivity index (χ1v) is 7.91. The number of sulfonamides is 1. The number of hydrogen-bond donors (Lipinski definition) is 2. The maximum Gasteiger partial charge on any atom is 0.238 e. The van der Waals surface area contributed by atoms with Crippen molar-refractivity contribution in [1.29, 1.82) is 0 Å². The number of nitrogens with two attached hydrogens (primary N) is 1. The van der Waals surface area contributed by atoms with Crippen LogP contribution in [0.25, 0.3) is 0 Å². The highest BCUT2D eigenvalue weighted by molar-refractivity contribution is 7.89. The molecule has 0 amide bonds. The molecule has 1 aromatic rings. The van der Waals surface area contributed by atoms with Gasteiger partial charge >= 0.3 is 0 Å². The van der Waals surface area contributed by atoms with Crippen molar-refractivity contribution in [2.75, 3.05) is 5.32 Å². The van der Waals surface area contributed by atoms with E-state index in [1.165, 1.54) is 12.5 Å². The minimum absolute atomic E-state index is 0.151. The van der Waals surface area contributed by atoms with Crippen LogP contribution in [0, 0.1) is 0 Å². The summed E-state index contributed by atoms with van der Waals surface area (Å²) in [4.78, 5) is 0.151. The molecule has 1 rings (SSSR count). The van der Waals surface area contributed by atoms with Crippen LogP contribution in [0.2, 0.25) is 0 Å². The van der Waals surface area contributed by atoms with Crippen LogP contribution in [-0.4, -0.2) is 14.5 Å². The molecular weight excluding hydrogens is 248 g/mol. The maximum atomic E-state index is 11.3. The molecule has 1 unspecified atom stereocenters. The number of anilines is 1. The molecule has 1 aromatic carbocycles. The number of hydrogen-bond acceptors (Lipinski definition) is 3. The number of primary sulfonamides is 1. The zero-order valence-corrected chi connectivity index (χ0v) is 11.8. The zero-order valence-electron chi connectivity index (χ0n) is 11.0. The van der Waals surface area contributed by atoms with Gasteiger partial charge in [-0.05, 0) is 31.0 Å². The average molecular weight is 270 g/mol. The number of benzene rings is 1. The number of unbranched alkanes of at least 4 members (excludes halogenated alkanes) is 1. The molecule has 3 N–H and O–H groups in total. The quantitative estimate of drug-likeness (QED) is 0.800. The first-order chi connectivity index (χ1) is 8.47. The number of nitrogens with one attached hydrogen (secondary N) is 1. The van der Waals surface area contributed by atoms with Crippen LogP contribution < -0.4 is 10.5 Å². The van der Waals surface area contributed by atoms with Gasteiger partial charge in [0.25, 0.3) is 0 Å². The van der Waals surface area contributed by atoms with E-state index in [1.807, 2.05) is 6.07 Å². The predicted octanol–water partition coefficient (Wildman–Crippen LogP) is 2.71. The molecule has 0 saturated heterocycles. The molecule has 1 atom stereocenters. The van der Waals surface area contributed by atoms with Gasteiger partial charge in [-0.2, -0.15) is 0 Å². The normalized spacial score (nSPS) is 13.3. The van der Waals surface area contributed by atoms with Crippen molar-refractivity contribution in [1.82, 2.24) is 0 Å². The Balaban J connectivity index is 2.78. The van der Waals surface area contributed by atoms with E-state index >= 15 is 0 Å². The van der Waals surface area contributed by atoms with E-state index in [4.69, 9.17) is 5.14 Å². The SMILES string of the molecule is CCCCC(CC)Nc1cccc(S(N)(=O)=O)c1. The lowest BCUT2D eigenvalue weighted by Crippen LogP contribution is -2.19. The van der Waals surface area contributed by atoms with E-state index < -0.39 is 10.0 Å². The standard InChI is InChI=1S/C13H22N2O2S/c1-3-5-7-11(4-2)15-12-8-6-9-13(10-12)18(14,16)17/h6,8-11,15H,3-5,7H2,1-2H3,(H2,14,16,17). The molecule has 0 radical (unpaired) electrons. The molecule has 0 spiro atoms. The van der Waals surface area contributed by atoms with E-state index in [2.05, 4.69) is 19.2 Å². The van der Waals surface area contributed by atoms with Crippen LogP contribution >= 0.6 is 0 Å². The third kappa shape index (κ3) is 4.66. The Morgan fingerprint density at radius 3 is 2.61 bits per heavy atom. The molecule has 0 aliphatic heterocycles. The van der Waals surface area contributed by atoms with E-state index in [-0.39, 0.29) is 4.90 Å². The lowest BCUT2D eigenvalue weighted by Gasteiger charge is -2.18. The van der Waals surface area contributed by atoms with Crippen molar-refractivity contribution in [2.45, 2.75) is 50.5 Å². The third-order valence-corrected chi connectivity index (χ3v) is 3.84. The van der Waals surface area contributed by atoms with E-state index in [0.29, 0.717) is 6.04 Å². The Morgan fingerprint density at radius 1 is 1.33 bits per heavy atom. The van der Waals surface area contributed by atoms with Gasteiger partial charge in [-0.1, -0.05) is 32.8 Å². The van der Waals surface area contributed by atoms with E-state index in [9.17, 15) is 8.42 Å². The molecular formula is C13H22N2O2S. The summed E-state index contributed by atoms with van der Waals surface area (Å²) in [6.07, 6.45) is 4.43. The molecule has 0 fully saturated rings. The lowest BCUT2D eigenvalue weighted by atomic mass is 10.1. The van der Waals surface area contributed by atoms with Crippen LogP contribution in [0.1, 0.15) is 39.5 Å². The van der Waals surface area contributed by atoms with Gasteiger partial charge in [-0.15, -0.1) is 0 Å². The molecule has 0 aliphatic rings. The molecule has 0 aliphatic carbocycles. The molecule has 5 heteroatoms. The van der Waals surface area contributed by atoms with Crippen molar-refractivity contribution < 1.29 is 8.42 Å². The van der Waals surface area contributed by atoms with Crippen LogP contribution in [0.15, 0.2) is 29.2 Å². The van der Waals surface area contributed by atoms with Crippen molar-refractivity contribution in [3.8, 4) is 0 Å². The first-order valence-electron chi connectivity index (χ1n) is 6.36. The summed E-state index contributed by atoms with van der Waals surface area (Å²) in [7, 11) is -3.62. The highest BCUT2D eigenvalue weighted by Gasteiger charge is 2.10. The van der Waals surface area contributed by atoms with Gasteiger partial charge in [0.15, 0.2) is 0 Å². The fraction of sp³-hybridized carbons (Fsp3) is 0.538. The average Bonchev–Trinajstić information content (AvgIpc) is 2.33. The van der Waals surface area contributed by atoms with Gasteiger partial charge < -0.3 is 5.32 Å². The zero-order chi connectivity index (χ0) is 13.6. The van der Waals surface area contributed by atoms with Crippen LogP contribution in [0.5, 0.6) is 0 Å². The fourth-order valence-corrected chi connectivity index (χ4v) is 2.39. The molecule has 0 saturated carbocycles. The summed E-state index contributed by atoms with van der Waals surface area (Å²) in [6.45, 7) is 4.28. The summed E-state index contributed by atoms with van der Waals surface area (Å²) >= 11 is 0. The maximum absolute atomic E-state index is 11.3. The van der Waals surface area contributed by atoms with E-state index in [1.54, 1.807) is 12.1 Å². The van der Waals surface area contributed by atoms with Crippen molar-refractivity contribution in [3.63, 3.8) is 0 Å². The van der Waals surface area contributed by atoms with E-state index in [0.717, 1.165) is 24.9 Å². The monoisotopic (exact) mass is 270 g/mol. The molecule has 102 valence electrons. The van der Waals surface area contributed by atoms with Crippen LogP contribution in [0.3, 0.4) is 0 Å². The highest BCUT2D eigenvalue weighted by atomic mass is 32.2. The largest absolute Gasteiger partial charge is 0.382 e. The van der Waals surface area contributed by atoms with Gasteiger partial charge in [0.1, 0.15) is 0 Å². The topological polar surface area (TPSA) is 72.2 Å². The fourth-order valence-electron chi connectivity index (χ4n) is 1.83. The highest BCUT2D eigenvalue weighted by Crippen LogP contribution is 2.17. The minimum atomic E-state index is -3.62. The predicted molar refractivity (Wildman–Crippen MR) is 75.0 cm³/mol. The third-order valence-electron chi connectivity index (χ3n) is 2.93. The Labute approximate surface area is 110 Å². The van der Waals surface area contributed by atoms with Gasteiger partial charge in [0.05, 0.1) is 4.90 Å². The summed E-state index contributed by atoms with van der Waals surface area (Å²) in [5.74, 6) is 0. The van der Waals surface area contributed by atoms with Gasteiger partial charge in [0, 0.05) is 11.7 Å². The molecule has 0 heterocycles. The second-order valence-corrected chi connectivity index (χ2v) is 6.03. The molecule has 4 nitrogen and oxygen atoms in total. The van der Waals surface area contributed by atoms with Crippen molar-refractivity contribution >= 4 is 15.7 Å². The summed E-state index contributed by atoms with van der Waals surface area (Å²) in [5, 5.41) is 8.47. The summed E-state index contributed by atoms with van der Waals surface area (Å²) in [5.41, 5.74) is 0.810. The Hall–Kier alpha value is -1.07. The lowest BCUT2D eigenvalue weighted by molar-refractivity contribution is 0.592. The van der Waals surface area contributed by atoms with Crippen LogP contribution in [0.4, 0.5) is 5.69 Å². The molecule has 18 heavy (non-hydrogen) atoms. The number of rotatable bonds is 7. The minimum Gasteiger partial charge on any atom is -0.382 e. The first kappa shape index (κ1) is 15.0. The Morgan fingerprint density at radius 2 is 2.06 bits per heavy atom. The summed E-state index contributed by atoms with van der Waals surface area (Å²) < 4.78 is 22.5. The van der Waals surface area contributed by atoms with Gasteiger partial charge in [-0.3, -0.25) is 0 Å². The second-order valence-electron chi connectivity index (χ2n) is 4.46. The van der Waals surface area contributed by atoms with Crippen molar-refractivity contribution in [2.24, 2.45) is 5.14 Å². The van der Waals surface area contributed by atoms with Crippen molar-refractivity contribution in [3.05, 3.63) is 24.3 Å².